The third kappa shape index (κ3) is 4.05. The maximum absolute atomic E-state index is 12.0. The average molecular weight is 185 g/mol. The molecule has 0 aliphatic rings. The number of hydrogen-bond acceptors (Lipinski definition) is 2. The predicted molar refractivity (Wildman–Crippen MR) is 30.7 cm³/mol. The molecule has 0 heterocycles. The van der Waals surface area contributed by atoms with Crippen LogP contribution in [0.4, 0.5) is 4.39 Å². The highest BCUT2D eigenvalue weighted by Gasteiger charge is 2.01. The number of hydrogen-bond donors (Lipinski definition) is 0. The second-order valence-electron chi connectivity index (χ2n) is 1.18. The minimum absolute atomic E-state index is 0.158. The molecule has 0 aromatic rings. The molecule has 0 N–H and O–H groups in total. The molecule has 1 unspecified atom stereocenters. The number of ether oxygens (including phenoxy) is 1. The van der Waals surface area contributed by atoms with Gasteiger partial charge >= 0.3 is 0 Å². The van der Waals surface area contributed by atoms with Crippen molar-refractivity contribution >= 4 is 22.4 Å². The Hall–Kier alpha value is -0.120. The first kappa shape index (κ1) is 7.88. The van der Waals surface area contributed by atoms with Crippen molar-refractivity contribution in [3.63, 3.8) is 0 Å². The molecule has 0 saturated carbocycles. The van der Waals surface area contributed by atoms with Crippen LogP contribution in [-0.4, -0.2) is 24.6 Å². The van der Waals surface area contributed by atoms with Crippen molar-refractivity contribution in [1.82, 2.24) is 0 Å². The molecule has 2 nitrogen and oxygen atoms in total. The zero-order chi connectivity index (χ0) is 6.41. The van der Waals surface area contributed by atoms with E-state index in [0.717, 1.165) is 0 Å². The molecule has 0 aromatic heterocycles. The second-order valence-corrected chi connectivity index (χ2v) is 1.83. The Kier molecular flexibility index (Phi) is 4.95. The van der Waals surface area contributed by atoms with Crippen LogP contribution in [0.25, 0.3) is 0 Å². The van der Waals surface area contributed by atoms with Gasteiger partial charge in [0, 0.05) is 5.33 Å². The van der Waals surface area contributed by atoms with Gasteiger partial charge in [-0.3, -0.25) is 4.79 Å². The highest BCUT2D eigenvalue weighted by molar-refractivity contribution is 9.09. The molecule has 8 heavy (non-hydrogen) atoms. The number of carbonyl (C=O) groups excluding carboxylic acids is 1. The molecule has 4 heteroatoms. The van der Waals surface area contributed by atoms with Crippen molar-refractivity contribution in [2.45, 2.75) is 6.17 Å². The van der Waals surface area contributed by atoms with Gasteiger partial charge < -0.3 is 4.74 Å². The number of carbonyl (C=O) groups is 1. The Morgan fingerprint density at radius 1 is 1.88 bits per heavy atom. The van der Waals surface area contributed by atoms with Gasteiger partial charge in [0.05, 0.1) is 0 Å². The summed E-state index contributed by atoms with van der Waals surface area (Å²) in [6.45, 7) is 0.0734. The van der Waals surface area contributed by atoms with E-state index < -0.39 is 6.17 Å². The summed E-state index contributed by atoms with van der Waals surface area (Å²) in [6, 6.07) is 0. The highest BCUT2D eigenvalue weighted by Crippen LogP contribution is 1.94. The first-order valence-electron chi connectivity index (χ1n) is 2.06. The minimum atomic E-state index is -1.08. The molecule has 0 bridgehead atoms. The number of rotatable bonds is 4. The third-order valence-corrected chi connectivity index (χ3v) is 1.22. The molecule has 0 radical (unpaired) electrons. The average Bonchev–Trinajstić information content (AvgIpc) is 1.83. The van der Waals surface area contributed by atoms with Crippen LogP contribution in [0.15, 0.2) is 0 Å². The Bertz CT molecular complexity index is 69.1. The maximum atomic E-state index is 12.0. The molecule has 0 aromatic carbocycles. The zero-order valence-electron chi connectivity index (χ0n) is 4.14. The lowest BCUT2D eigenvalue weighted by atomic mass is 10.5. The first-order chi connectivity index (χ1) is 3.81. The Morgan fingerprint density at radius 3 is 2.88 bits per heavy atom. The van der Waals surface area contributed by atoms with Crippen LogP contribution in [0.5, 0.6) is 0 Å². The van der Waals surface area contributed by atoms with Crippen LogP contribution >= 0.6 is 15.9 Å². The molecular formula is C4H6BrFO2. The van der Waals surface area contributed by atoms with Gasteiger partial charge in [-0.1, -0.05) is 15.9 Å². The van der Waals surface area contributed by atoms with E-state index >= 15 is 0 Å². The van der Waals surface area contributed by atoms with Gasteiger partial charge in [-0.25, -0.2) is 4.39 Å². The molecule has 1 atom stereocenters. The van der Waals surface area contributed by atoms with E-state index in [2.05, 4.69) is 20.7 Å². The molecule has 0 aliphatic heterocycles. The van der Waals surface area contributed by atoms with Gasteiger partial charge in [-0.05, 0) is 0 Å². The van der Waals surface area contributed by atoms with E-state index in [1.54, 1.807) is 0 Å². The van der Waals surface area contributed by atoms with Crippen molar-refractivity contribution in [2.75, 3.05) is 11.9 Å². The Balaban J connectivity index is 2.97. The van der Waals surface area contributed by atoms with Crippen molar-refractivity contribution in [3.05, 3.63) is 0 Å². The maximum Gasteiger partial charge on any atom is 0.293 e. The summed E-state index contributed by atoms with van der Waals surface area (Å²) in [5.74, 6) is 0. The van der Waals surface area contributed by atoms with E-state index in [0.29, 0.717) is 0 Å². The van der Waals surface area contributed by atoms with Crippen molar-refractivity contribution in [1.29, 1.82) is 0 Å². The SMILES string of the molecule is O=COCC(F)CBr. The highest BCUT2D eigenvalue weighted by atomic mass is 79.9. The van der Waals surface area contributed by atoms with Gasteiger partial charge in [0.15, 0.2) is 0 Å². The topological polar surface area (TPSA) is 26.3 Å². The number of alkyl halides is 2. The molecule has 0 amide bonds. The monoisotopic (exact) mass is 184 g/mol. The molecule has 0 fully saturated rings. The summed E-state index contributed by atoms with van der Waals surface area (Å²) in [5.41, 5.74) is 0. The predicted octanol–water partition coefficient (Wildman–Crippen LogP) is 0.892. The van der Waals surface area contributed by atoms with E-state index in [9.17, 15) is 9.18 Å². The van der Waals surface area contributed by atoms with Crippen LogP contribution in [0.1, 0.15) is 0 Å². The largest absolute Gasteiger partial charge is 0.465 e. The van der Waals surface area contributed by atoms with Crippen LogP contribution in [-0.2, 0) is 9.53 Å². The van der Waals surface area contributed by atoms with E-state index in [1.807, 2.05) is 0 Å². The van der Waals surface area contributed by atoms with Crippen LogP contribution in [0.3, 0.4) is 0 Å². The van der Waals surface area contributed by atoms with Crippen molar-refractivity contribution in [3.8, 4) is 0 Å². The van der Waals surface area contributed by atoms with Gasteiger partial charge in [0.2, 0.25) is 0 Å². The van der Waals surface area contributed by atoms with Crippen LogP contribution in [0, 0.1) is 0 Å². The molecule has 48 valence electrons. The fraction of sp³-hybridized carbons (Fsp3) is 0.750. The Morgan fingerprint density at radius 2 is 2.50 bits per heavy atom. The molecule has 0 rings (SSSR count). The lowest BCUT2D eigenvalue weighted by Gasteiger charge is -1.98. The van der Waals surface area contributed by atoms with Crippen molar-refractivity contribution < 1.29 is 13.9 Å². The van der Waals surface area contributed by atoms with Crippen LogP contribution < -0.4 is 0 Å². The second kappa shape index (κ2) is 5.03. The summed E-state index contributed by atoms with van der Waals surface area (Å²) < 4.78 is 16.1. The van der Waals surface area contributed by atoms with Gasteiger partial charge in [0.1, 0.15) is 12.8 Å². The summed E-state index contributed by atoms with van der Waals surface area (Å²) in [4.78, 5) is 9.42. The smallest absolute Gasteiger partial charge is 0.293 e. The first-order valence-corrected chi connectivity index (χ1v) is 3.18. The fourth-order valence-corrected chi connectivity index (χ4v) is 0.375. The normalized spacial score (nSPS) is 12.8. The summed E-state index contributed by atoms with van der Waals surface area (Å²) in [6.07, 6.45) is -1.08. The number of halogens is 2. The standard InChI is InChI=1S/C4H6BrFO2/c5-1-4(6)2-8-3-7/h3-4H,1-2H2. The van der Waals surface area contributed by atoms with E-state index in [-0.39, 0.29) is 18.4 Å². The summed E-state index contributed by atoms with van der Waals surface area (Å²) >= 11 is 2.87. The van der Waals surface area contributed by atoms with Gasteiger partial charge in [0.25, 0.3) is 6.47 Å². The van der Waals surface area contributed by atoms with Crippen molar-refractivity contribution in [2.24, 2.45) is 0 Å². The van der Waals surface area contributed by atoms with E-state index in [1.165, 1.54) is 0 Å². The fourth-order valence-electron chi connectivity index (χ4n) is 0.188. The molecule has 0 saturated heterocycles. The van der Waals surface area contributed by atoms with Gasteiger partial charge in [-0.2, -0.15) is 0 Å². The lowest BCUT2D eigenvalue weighted by Crippen LogP contribution is -2.10. The lowest BCUT2D eigenvalue weighted by molar-refractivity contribution is -0.130. The quantitative estimate of drug-likeness (QED) is 0.480. The van der Waals surface area contributed by atoms with Crippen LogP contribution in [0.2, 0.25) is 0 Å². The molecule has 0 aliphatic carbocycles. The Labute approximate surface area is 55.1 Å². The molecule has 0 spiro atoms. The summed E-state index contributed by atoms with van der Waals surface area (Å²) in [5, 5.41) is 0.209. The van der Waals surface area contributed by atoms with E-state index in [4.69, 9.17) is 0 Å². The minimum Gasteiger partial charge on any atom is -0.465 e. The summed E-state index contributed by atoms with van der Waals surface area (Å²) in [7, 11) is 0. The third-order valence-electron chi connectivity index (χ3n) is 0.513. The zero-order valence-corrected chi connectivity index (χ0v) is 5.73. The van der Waals surface area contributed by atoms with Gasteiger partial charge in [-0.15, -0.1) is 0 Å². The molecular weight excluding hydrogens is 179 g/mol.